The Kier molecular flexibility index (Phi) is 5.40. The van der Waals surface area contributed by atoms with Crippen molar-refractivity contribution >= 4 is 17.5 Å². The maximum Gasteiger partial charge on any atom is 0.277 e. The van der Waals surface area contributed by atoms with Crippen molar-refractivity contribution < 1.29 is 9.21 Å². The van der Waals surface area contributed by atoms with Crippen molar-refractivity contribution in [2.24, 2.45) is 0 Å². The van der Waals surface area contributed by atoms with Crippen LogP contribution in [0.1, 0.15) is 64.9 Å². The molecule has 0 N–H and O–H groups in total. The Hall–Kier alpha value is -2.34. The number of aromatic nitrogens is 3. The fraction of sp³-hybridized carbons (Fsp3) is 0.409. The molecular formula is C22H25N3O2S. The first-order chi connectivity index (χ1) is 13.5. The fourth-order valence-corrected chi connectivity index (χ4v) is 4.36. The van der Waals surface area contributed by atoms with Gasteiger partial charge in [-0.15, -0.1) is 10.2 Å². The monoisotopic (exact) mass is 395 g/mol. The number of nitrogens with zero attached hydrogens (tertiary/aromatic N) is 3. The zero-order valence-corrected chi connectivity index (χ0v) is 17.3. The summed E-state index contributed by atoms with van der Waals surface area (Å²) in [6, 6.07) is 12.9. The number of ketones is 1. The summed E-state index contributed by atoms with van der Waals surface area (Å²) in [7, 11) is 0. The van der Waals surface area contributed by atoms with Crippen molar-refractivity contribution in [3.63, 3.8) is 0 Å². The number of benzene rings is 1. The van der Waals surface area contributed by atoms with E-state index in [1.807, 2.05) is 31.2 Å². The standard InChI is InChI=1S/C22H25N3O2S/c1-14(17-7-5-4-6-8-17)11-21-23-24-22(27-21)28-13-20(26)19-12-15(2)25(16(19)3)18-9-10-18/h4-8,12,14,18H,9-11,13H2,1-3H3. The van der Waals surface area contributed by atoms with E-state index < -0.39 is 0 Å². The van der Waals surface area contributed by atoms with Gasteiger partial charge in [0.05, 0.1) is 5.75 Å². The molecule has 1 aliphatic carbocycles. The van der Waals surface area contributed by atoms with E-state index in [2.05, 4.69) is 40.7 Å². The summed E-state index contributed by atoms with van der Waals surface area (Å²) in [6.45, 7) is 6.26. The molecule has 0 amide bonds. The van der Waals surface area contributed by atoms with E-state index in [0.717, 1.165) is 11.3 Å². The van der Waals surface area contributed by atoms with Crippen LogP contribution in [0, 0.1) is 13.8 Å². The molecule has 6 heteroatoms. The minimum atomic E-state index is 0.113. The quantitative estimate of drug-likeness (QED) is 0.390. The topological polar surface area (TPSA) is 60.9 Å². The highest BCUT2D eigenvalue weighted by atomic mass is 32.2. The van der Waals surface area contributed by atoms with Crippen molar-refractivity contribution in [3.05, 3.63) is 64.8 Å². The van der Waals surface area contributed by atoms with E-state index in [-0.39, 0.29) is 5.78 Å². The lowest BCUT2D eigenvalue weighted by Crippen LogP contribution is -2.05. The molecule has 28 heavy (non-hydrogen) atoms. The average molecular weight is 396 g/mol. The summed E-state index contributed by atoms with van der Waals surface area (Å²) >= 11 is 1.32. The Labute approximate surface area is 169 Å². The predicted octanol–water partition coefficient (Wildman–Crippen LogP) is 5.14. The maximum atomic E-state index is 12.7. The summed E-state index contributed by atoms with van der Waals surface area (Å²) in [6.07, 6.45) is 3.11. The Bertz CT molecular complexity index is 973. The number of carbonyl (C=O) groups excluding carboxylic acids is 1. The van der Waals surface area contributed by atoms with Crippen LogP contribution < -0.4 is 0 Å². The average Bonchev–Trinajstić information content (AvgIpc) is 3.35. The van der Waals surface area contributed by atoms with Crippen molar-refractivity contribution in [1.29, 1.82) is 0 Å². The molecule has 0 aliphatic heterocycles. The second kappa shape index (κ2) is 7.95. The van der Waals surface area contributed by atoms with Crippen molar-refractivity contribution in [2.45, 2.75) is 57.2 Å². The van der Waals surface area contributed by atoms with Crippen LogP contribution >= 0.6 is 11.8 Å². The summed E-state index contributed by atoms with van der Waals surface area (Å²) in [5, 5.41) is 8.71. The highest BCUT2D eigenvalue weighted by molar-refractivity contribution is 7.99. The van der Waals surface area contributed by atoms with Gasteiger partial charge in [-0.3, -0.25) is 4.79 Å². The van der Waals surface area contributed by atoms with Crippen molar-refractivity contribution in [1.82, 2.24) is 14.8 Å². The number of carbonyl (C=O) groups is 1. The van der Waals surface area contributed by atoms with Gasteiger partial charge in [0.15, 0.2) is 5.78 Å². The van der Waals surface area contributed by atoms with Gasteiger partial charge < -0.3 is 8.98 Å². The Morgan fingerprint density at radius 1 is 1.25 bits per heavy atom. The van der Waals surface area contributed by atoms with Crippen LogP contribution in [0.15, 0.2) is 46.0 Å². The molecule has 1 aromatic carbocycles. The van der Waals surface area contributed by atoms with Crippen LogP contribution in [0.5, 0.6) is 0 Å². The van der Waals surface area contributed by atoms with Crippen molar-refractivity contribution in [2.75, 3.05) is 5.75 Å². The fourth-order valence-electron chi connectivity index (χ4n) is 3.70. The number of hydrogen-bond acceptors (Lipinski definition) is 5. The number of aryl methyl sites for hydroxylation is 1. The van der Waals surface area contributed by atoms with Gasteiger partial charge in [-0.05, 0) is 44.2 Å². The summed E-state index contributed by atoms with van der Waals surface area (Å²) in [4.78, 5) is 12.7. The molecule has 3 aromatic rings. The second-order valence-electron chi connectivity index (χ2n) is 7.58. The Morgan fingerprint density at radius 3 is 2.71 bits per heavy atom. The van der Waals surface area contributed by atoms with Crippen LogP contribution in [-0.2, 0) is 6.42 Å². The molecule has 1 saturated carbocycles. The molecule has 0 saturated heterocycles. The third-order valence-electron chi connectivity index (χ3n) is 5.32. The van der Waals surface area contributed by atoms with Crippen LogP contribution in [-0.4, -0.2) is 26.3 Å². The van der Waals surface area contributed by atoms with E-state index in [0.29, 0.717) is 35.2 Å². The van der Waals surface area contributed by atoms with E-state index in [1.54, 1.807) is 0 Å². The lowest BCUT2D eigenvalue weighted by atomic mass is 9.98. The molecule has 0 radical (unpaired) electrons. The molecule has 1 atom stereocenters. The molecule has 4 rings (SSSR count). The normalized spacial score (nSPS) is 15.0. The minimum Gasteiger partial charge on any atom is -0.416 e. The van der Waals surface area contributed by atoms with Crippen LogP contribution in [0.25, 0.3) is 0 Å². The van der Waals surface area contributed by atoms with Crippen LogP contribution in [0.4, 0.5) is 0 Å². The first-order valence-corrected chi connectivity index (χ1v) is 10.7. The smallest absolute Gasteiger partial charge is 0.277 e. The minimum absolute atomic E-state index is 0.113. The van der Waals surface area contributed by atoms with E-state index >= 15 is 0 Å². The highest BCUT2D eigenvalue weighted by Crippen LogP contribution is 2.38. The molecule has 1 aliphatic rings. The second-order valence-corrected chi connectivity index (χ2v) is 8.50. The molecular weight excluding hydrogens is 370 g/mol. The summed E-state index contributed by atoms with van der Waals surface area (Å²) < 4.78 is 8.05. The van der Waals surface area contributed by atoms with E-state index in [4.69, 9.17) is 4.42 Å². The third-order valence-corrected chi connectivity index (χ3v) is 6.14. The lowest BCUT2D eigenvalue weighted by molar-refractivity contribution is 0.102. The summed E-state index contributed by atoms with van der Waals surface area (Å²) in [5.74, 6) is 1.33. The molecule has 0 spiro atoms. The Balaban J connectivity index is 1.36. The van der Waals surface area contributed by atoms with Gasteiger partial charge in [-0.2, -0.15) is 0 Å². The highest BCUT2D eigenvalue weighted by Gasteiger charge is 2.28. The van der Waals surface area contributed by atoms with Gasteiger partial charge in [0, 0.05) is 29.4 Å². The number of Topliss-reactive ketones (excluding diaryl/α,β-unsaturated/α-hetero) is 1. The van der Waals surface area contributed by atoms with Crippen LogP contribution in [0.2, 0.25) is 0 Å². The predicted molar refractivity (Wildman–Crippen MR) is 110 cm³/mol. The van der Waals surface area contributed by atoms with Gasteiger partial charge in [-0.1, -0.05) is 49.0 Å². The van der Waals surface area contributed by atoms with E-state index in [9.17, 15) is 4.79 Å². The largest absolute Gasteiger partial charge is 0.416 e. The van der Waals surface area contributed by atoms with Gasteiger partial charge in [0.1, 0.15) is 0 Å². The SMILES string of the molecule is Cc1cc(C(=O)CSc2nnc(CC(C)c3ccccc3)o2)c(C)n1C1CC1. The van der Waals surface area contributed by atoms with Gasteiger partial charge >= 0.3 is 0 Å². The van der Waals surface area contributed by atoms with E-state index in [1.165, 1.54) is 35.9 Å². The van der Waals surface area contributed by atoms with Gasteiger partial charge in [0.25, 0.3) is 5.22 Å². The first-order valence-electron chi connectivity index (χ1n) is 9.74. The molecule has 2 aromatic heterocycles. The molecule has 1 fully saturated rings. The van der Waals surface area contributed by atoms with Gasteiger partial charge in [0.2, 0.25) is 5.89 Å². The maximum absolute atomic E-state index is 12.7. The molecule has 2 heterocycles. The van der Waals surface area contributed by atoms with Gasteiger partial charge in [-0.25, -0.2) is 0 Å². The molecule has 0 bridgehead atoms. The number of thioether (sulfide) groups is 1. The zero-order valence-electron chi connectivity index (χ0n) is 16.5. The number of hydrogen-bond donors (Lipinski definition) is 0. The summed E-state index contributed by atoms with van der Waals surface area (Å²) in [5.41, 5.74) is 4.31. The number of rotatable bonds is 8. The van der Waals surface area contributed by atoms with Crippen LogP contribution in [0.3, 0.4) is 0 Å². The Morgan fingerprint density at radius 2 is 2.00 bits per heavy atom. The lowest BCUT2D eigenvalue weighted by Gasteiger charge is -2.08. The molecule has 1 unspecified atom stereocenters. The van der Waals surface area contributed by atoms with Crippen molar-refractivity contribution in [3.8, 4) is 0 Å². The molecule has 146 valence electrons. The first kappa shape index (κ1) is 19.0. The molecule has 5 nitrogen and oxygen atoms in total. The third kappa shape index (κ3) is 4.07. The zero-order chi connectivity index (χ0) is 19.7.